The van der Waals surface area contributed by atoms with Gasteiger partial charge in [0.05, 0.1) is 26.3 Å². The molecule has 4 heterocycles. The molecule has 4 aliphatic heterocycles. The molecule has 1 aromatic carbocycles. The molecule has 5 aliphatic rings. The van der Waals surface area contributed by atoms with Crippen molar-refractivity contribution in [2.75, 3.05) is 32.8 Å². The van der Waals surface area contributed by atoms with E-state index >= 15 is 0 Å². The standard InChI is InChI=1S/C36H49ClN6O10S/c1-35(2,3)53-33(47)38-28-13-8-6-4-5-7-11-24-19-36(24,32(46)40-54(49,50)42-14-16-51-17-15-42)39-30(44)29-18-25(21-43(29)31(28)45)52-34(48)41-20-23-10-9-12-27(37)26(23)22-41/h7,9-12,24-25,28-29H,4-6,8,13-22H2,1-3H3,(H,38,47)(H,39,44)(H,40,46)/b11-7-/t24-,25+,28-,29-,36+/m0/s1. The Kier molecular flexibility index (Phi) is 11.8. The fourth-order valence-electron chi connectivity index (χ4n) is 7.40. The maximum atomic E-state index is 14.4. The van der Waals surface area contributed by atoms with Crippen LogP contribution in [0.3, 0.4) is 0 Å². The molecule has 0 radical (unpaired) electrons. The molecule has 3 N–H and O–H groups in total. The van der Waals surface area contributed by atoms with Crippen molar-refractivity contribution in [1.82, 2.24) is 29.5 Å². The number of hydrogen-bond acceptors (Lipinski definition) is 10. The zero-order chi connectivity index (χ0) is 38.8. The molecule has 16 nitrogen and oxygen atoms in total. The fourth-order valence-corrected chi connectivity index (χ4v) is 8.83. The highest BCUT2D eigenvalue weighted by Gasteiger charge is 2.62. The van der Waals surface area contributed by atoms with Crippen LogP contribution >= 0.6 is 11.6 Å². The van der Waals surface area contributed by atoms with Gasteiger partial charge >= 0.3 is 22.4 Å². The molecule has 0 unspecified atom stereocenters. The van der Waals surface area contributed by atoms with Crippen LogP contribution in [0.1, 0.15) is 76.8 Å². The Labute approximate surface area is 320 Å². The fraction of sp³-hybridized carbons (Fsp3) is 0.639. The third kappa shape index (κ3) is 9.12. The third-order valence-electron chi connectivity index (χ3n) is 10.3. The molecule has 2 saturated heterocycles. The van der Waals surface area contributed by atoms with Crippen LogP contribution in [0.4, 0.5) is 9.59 Å². The predicted molar refractivity (Wildman–Crippen MR) is 195 cm³/mol. The number of benzene rings is 1. The van der Waals surface area contributed by atoms with Gasteiger partial charge in [0.2, 0.25) is 11.8 Å². The van der Waals surface area contributed by atoms with Crippen LogP contribution in [-0.4, -0.2) is 115 Å². The van der Waals surface area contributed by atoms with E-state index in [1.54, 1.807) is 32.9 Å². The van der Waals surface area contributed by atoms with Crippen LogP contribution in [0.2, 0.25) is 5.02 Å². The Morgan fingerprint density at radius 2 is 1.83 bits per heavy atom. The van der Waals surface area contributed by atoms with Crippen LogP contribution in [0.15, 0.2) is 30.4 Å². The minimum atomic E-state index is -4.25. The number of carbonyl (C=O) groups excluding carboxylic acids is 5. The highest BCUT2D eigenvalue weighted by molar-refractivity contribution is 7.87. The van der Waals surface area contributed by atoms with Crippen molar-refractivity contribution in [3.63, 3.8) is 0 Å². The SMILES string of the molecule is CC(C)(C)OC(=O)N[C@H]1CCCCC/C=C\[C@H]2C[C@@]2(C(=O)NS(=O)(=O)N2CCOCC2)NC(=O)[C@@H]2C[C@@H](OC(=O)N3Cc4cccc(Cl)c4C3)CN2C1=O. The first-order chi connectivity index (χ1) is 25.6. The summed E-state index contributed by atoms with van der Waals surface area (Å²) in [6.45, 7) is 5.95. The molecule has 0 aromatic heterocycles. The van der Waals surface area contributed by atoms with Gasteiger partial charge in [-0.3, -0.25) is 19.3 Å². The Morgan fingerprint density at radius 1 is 1.07 bits per heavy atom. The van der Waals surface area contributed by atoms with E-state index in [1.165, 1.54) is 9.80 Å². The highest BCUT2D eigenvalue weighted by Crippen LogP contribution is 2.46. The topological polar surface area (TPSA) is 193 Å². The van der Waals surface area contributed by atoms with Gasteiger partial charge in [0.1, 0.15) is 29.3 Å². The number of ether oxygens (including phenoxy) is 3. The van der Waals surface area contributed by atoms with E-state index in [1.807, 2.05) is 18.2 Å². The number of hydrogen-bond donors (Lipinski definition) is 3. The summed E-state index contributed by atoms with van der Waals surface area (Å²) in [5, 5.41) is 6.03. The molecular weight excluding hydrogens is 744 g/mol. The molecule has 5 amide bonds. The molecule has 0 spiro atoms. The summed E-state index contributed by atoms with van der Waals surface area (Å²) < 4.78 is 46.3. The van der Waals surface area contributed by atoms with Crippen molar-refractivity contribution in [1.29, 1.82) is 0 Å². The van der Waals surface area contributed by atoms with Gasteiger partial charge in [0.15, 0.2) is 0 Å². The number of nitrogens with zero attached hydrogens (tertiary/aromatic N) is 3. The van der Waals surface area contributed by atoms with E-state index in [-0.39, 0.29) is 65.2 Å². The van der Waals surface area contributed by atoms with Crippen LogP contribution in [0, 0.1) is 5.92 Å². The number of halogens is 1. The lowest BCUT2D eigenvalue weighted by molar-refractivity contribution is -0.141. The average molecular weight is 793 g/mol. The van der Waals surface area contributed by atoms with Gasteiger partial charge in [-0.15, -0.1) is 0 Å². The minimum Gasteiger partial charge on any atom is -0.444 e. The second-order valence-electron chi connectivity index (χ2n) is 15.5. The summed E-state index contributed by atoms with van der Waals surface area (Å²) >= 11 is 6.36. The molecule has 18 heteroatoms. The Morgan fingerprint density at radius 3 is 2.56 bits per heavy atom. The van der Waals surface area contributed by atoms with Crippen LogP contribution in [0.5, 0.6) is 0 Å². The van der Waals surface area contributed by atoms with E-state index in [2.05, 4.69) is 15.4 Å². The van der Waals surface area contributed by atoms with Gasteiger partial charge < -0.3 is 29.7 Å². The second kappa shape index (κ2) is 16.0. The quantitative estimate of drug-likeness (QED) is 0.374. The molecule has 296 valence electrons. The smallest absolute Gasteiger partial charge is 0.410 e. The first-order valence-corrected chi connectivity index (χ1v) is 20.3. The lowest BCUT2D eigenvalue weighted by Gasteiger charge is -2.31. The molecule has 1 saturated carbocycles. The zero-order valence-corrected chi connectivity index (χ0v) is 32.4. The Balaban J connectivity index is 1.25. The number of nitrogens with one attached hydrogen (secondary N) is 3. The number of rotatable bonds is 5. The number of alkyl carbamates (subject to hydrolysis) is 1. The first kappa shape index (κ1) is 39.8. The number of carbonyl (C=O) groups is 5. The van der Waals surface area contributed by atoms with Crippen molar-refractivity contribution in [2.24, 2.45) is 5.92 Å². The molecule has 6 rings (SSSR count). The van der Waals surface area contributed by atoms with Crippen LogP contribution in [-0.2, 0) is 51.9 Å². The summed E-state index contributed by atoms with van der Waals surface area (Å²) in [6, 6.07) is 3.13. The van der Waals surface area contributed by atoms with Crippen molar-refractivity contribution < 1.29 is 46.6 Å². The van der Waals surface area contributed by atoms with E-state index in [0.717, 1.165) is 28.3 Å². The molecule has 5 atom stereocenters. The Bertz CT molecular complexity index is 1780. The van der Waals surface area contributed by atoms with Crippen molar-refractivity contribution in [2.45, 2.75) is 108 Å². The molecular formula is C36H49ClN6O10S. The summed E-state index contributed by atoms with van der Waals surface area (Å²) in [5.41, 5.74) is -0.742. The van der Waals surface area contributed by atoms with Crippen LogP contribution < -0.4 is 15.4 Å². The van der Waals surface area contributed by atoms with Gasteiger partial charge in [-0.05, 0) is 63.6 Å². The zero-order valence-electron chi connectivity index (χ0n) is 30.8. The molecule has 54 heavy (non-hydrogen) atoms. The number of allylic oxidation sites excluding steroid dienone is 1. The molecule has 1 aliphatic carbocycles. The van der Waals surface area contributed by atoms with E-state index in [0.29, 0.717) is 17.9 Å². The maximum Gasteiger partial charge on any atom is 0.410 e. The number of fused-ring (bicyclic) bond motifs is 3. The summed E-state index contributed by atoms with van der Waals surface area (Å²) in [7, 11) is -4.25. The van der Waals surface area contributed by atoms with E-state index in [4.69, 9.17) is 25.8 Å². The molecule has 3 fully saturated rings. The van der Waals surface area contributed by atoms with Gasteiger partial charge in [-0.25, -0.2) is 14.3 Å². The largest absolute Gasteiger partial charge is 0.444 e. The monoisotopic (exact) mass is 792 g/mol. The first-order valence-electron chi connectivity index (χ1n) is 18.5. The summed E-state index contributed by atoms with van der Waals surface area (Å²) in [4.78, 5) is 71.7. The van der Waals surface area contributed by atoms with Crippen molar-refractivity contribution >= 4 is 51.7 Å². The lowest BCUT2D eigenvalue weighted by Crippen LogP contribution is -2.59. The lowest BCUT2D eigenvalue weighted by atomic mass is 10.0. The Hall–Kier alpha value is -3.93. The third-order valence-corrected chi connectivity index (χ3v) is 12.2. The average Bonchev–Trinajstić information content (AvgIpc) is 3.40. The van der Waals surface area contributed by atoms with Gasteiger partial charge in [-0.1, -0.05) is 48.7 Å². The van der Waals surface area contributed by atoms with E-state index in [9.17, 15) is 32.4 Å². The van der Waals surface area contributed by atoms with Crippen LogP contribution in [0.25, 0.3) is 0 Å². The van der Waals surface area contributed by atoms with Gasteiger partial charge in [0, 0.05) is 37.0 Å². The number of morpholine rings is 1. The minimum absolute atomic E-state index is 0.0691. The van der Waals surface area contributed by atoms with Gasteiger partial charge in [-0.2, -0.15) is 12.7 Å². The highest BCUT2D eigenvalue weighted by atomic mass is 35.5. The normalized spacial score (nSPS) is 28.7. The van der Waals surface area contributed by atoms with Crippen molar-refractivity contribution in [3.8, 4) is 0 Å². The van der Waals surface area contributed by atoms with Gasteiger partial charge in [0.25, 0.3) is 5.91 Å². The molecule has 0 bridgehead atoms. The second-order valence-corrected chi connectivity index (χ2v) is 17.5. The maximum absolute atomic E-state index is 14.4. The van der Waals surface area contributed by atoms with Crippen molar-refractivity contribution in [3.05, 3.63) is 46.5 Å². The predicted octanol–water partition coefficient (Wildman–Crippen LogP) is 2.74. The van der Waals surface area contributed by atoms with E-state index < -0.39 is 75.4 Å². The molecule has 1 aromatic rings. The summed E-state index contributed by atoms with van der Waals surface area (Å²) in [5.74, 6) is -2.69. The number of amides is 5. The summed E-state index contributed by atoms with van der Waals surface area (Å²) in [6.07, 6.45) is 4.37.